The van der Waals surface area contributed by atoms with Gasteiger partial charge >= 0.3 is 5.97 Å². The van der Waals surface area contributed by atoms with Crippen molar-refractivity contribution in [2.45, 2.75) is 58.0 Å². The van der Waals surface area contributed by atoms with Gasteiger partial charge in [0.15, 0.2) is 0 Å². The lowest BCUT2D eigenvalue weighted by atomic mass is 9.88. The van der Waals surface area contributed by atoms with E-state index in [4.69, 9.17) is 9.84 Å². The van der Waals surface area contributed by atoms with Crippen LogP contribution in [0, 0.1) is 11.8 Å². The van der Waals surface area contributed by atoms with Gasteiger partial charge in [0, 0.05) is 19.5 Å². The van der Waals surface area contributed by atoms with E-state index in [-0.39, 0.29) is 31.0 Å². The second kappa shape index (κ2) is 7.78. The molecule has 1 heterocycles. The Morgan fingerprint density at radius 1 is 1.14 bits per heavy atom. The number of hydrogen-bond donors (Lipinski definition) is 1. The first-order valence-corrected chi connectivity index (χ1v) is 8.17. The summed E-state index contributed by atoms with van der Waals surface area (Å²) in [4.78, 5) is 24.7. The number of likely N-dealkylation sites (tertiary alicyclic amines) is 1. The lowest BCUT2D eigenvalue weighted by molar-refractivity contribution is -0.142. The Bertz CT molecular complexity index is 363. The molecule has 1 saturated heterocycles. The van der Waals surface area contributed by atoms with Gasteiger partial charge in [-0.05, 0) is 37.5 Å². The van der Waals surface area contributed by atoms with Crippen molar-refractivity contribution in [3.8, 4) is 0 Å². The van der Waals surface area contributed by atoms with E-state index in [2.05, 4.69) is 6.92 Å². The lowest BCUT2D eigenvalue weighted by Gasteiger charge is -2.33. The molecule has 2 aliphatic rings. The van der Waals surface area contributed by atoms with Crippen molar-refractivity contribution in [3.63, 3.8) is 0 Å². The van der Waals surface area contributed by atoms with Crippen LogP contribution in [0.5, 0.6) is 0 Å². The fraction of sp³-hybridized carbons (Fsp3) is 0.875. The standard InChI is InChI=1S/C16H27NO4/c1-12-4-2-3-5-14(12)21-11-15(18)17-8-6-13(7-9-17)10-16(19)20/h12-14H,2-11H2,1H3,(H,19,20). The molecule has 1 N–H and O–H groups in total. The molecule has 1 aliphatic heterocycles. The number of amides is 1. The van der Waals surface area contributed by atoms with E-state index in [0.29, 0.717) is 19.0 Å². The van der Waals surface area contributed by atoms with Crippen molar-refractivity contribution in [1.29, 1.82) is 0 Å². The van der Waals surface area contributed by atoms with Crippen LogP contribution in [0.25, 0.3) is 0 Å². The number of carbonyl (C=O) groups is 2. The molecule has 1 aliphatic carbocycles. The summed E-state index contributed by atoms with van der Waals surface area (Å²) in [5.74, 6) is 0.0784. The summed E-state index contributed by atoms with van der Waals surface area (Å²) >= 11 is 0. The van der Waals surface area contributed by atoms with Crippen LogP contribution < -0.4 is 0 Å². The first-order chi connectivity index (χ1) is 10.1. The molecule has 0 aromatic heterocycles. The smallest absolute Gasteiger partial charge is 0.303 e. The van der Waals surface area contributed by atoms with Crippen LogP contribution >= 0.6 is 0 Å². The van der Waals surface area contributed by atoms with Gasteiger partial charge in [-0.15, -0.1) is 0 Å². The average molecular weight is 297 g/mol. The second-order valence-electron chi connectivity index (χ2n) is 6.53. The number of carboxylic acid groups (broad SMARTS) is 1. The summed E-state index contributed by atoms with van der Waals surface area (Å²) in [6.45, 7) is 3.71. The van der Waals surface area contributed by atoms with Crippen molar-refractivity contribution >= 4 is 11.9 Å². The lowest BCUT2D eigenvalue weighted by Crippen LogP contribution is -2.42. The molecule has 2 atom stereocenters. The first-order valence-electron chi connectivity index (χ1n) is 8.17. The predicted molar refractivity (Wildman–Crippen MR) is 78.9 cm³/mol. The van der Waals surface area contributed by atoms with Crippen LogP contribution in [0.3, 0.4) is 0 Å². The summed E-state index contributed by atoms with van der Waals surface area (Å²) in [5, 5.41) is 8.79. The third-order valence-corrected chi connectivity index (χ3v) is 4.88. The molecule has 120 valence electrons. The van der Waals surface area contributed by atoms with Crippen molar-refractivity contribution in [2.24, 2.45) is 11.8 Å². The summed E-state index contributed by atoms with van der Waals surface area (Å²) in [6.07, 6.45) is 6.76. The maximum atomic E-state index is 12.2. The normalized spacial score (nSPS) is 27.6. The molecule has 0 bridgehead atoms. The second-order valence-corrected chi connectivity index (χ2v) is 6.53. The maximum absolute atomic E-state index is 12.2. The van der Waals surface area contributed by atoms with E-state index in [1.807, 2.05) is 4.90 Å². The molecule has 0 radical (unpaired) electrons. The van der Waals surface area contributed by atoms with Gasteiger partial charge in [0.2, 0.25) is 5.91 Å². The van der Waals surface area contributed by atoms with Gasteiger partial charge in [0.1, 0.15) is 6.61 Å². The Labute approximate surface area is 126 Å². The molecule has 2 rings (SSSR count). The quantitative estimate of drug-likeness (QED) is 0.845. The van der Waals surface area contributed by atoms with Crippen LogP contribution in [0.4, 0.5) is 0 Å². The number of carbonyl (C=O) groups excluding carboxylic acids is 1. The minimum atomic E-state index is -0.741. The zero-order chi connectivity index (χ0) is 15.2. The fourth-order valence-corrected chi connectivity index (χ4v) is 3.43. The molecule has 0 aromatic rings. The van der Waals surface area contributed by atoms with Gasteiger partial charge in [-0.1, -0.05) is 19.8 Å². The Morgan fingerprint density at radius 3 is 2.43 bits per heavy atom. The summed E-state index contributed by atoms with van der Waals surface area (Å²) < 4.78 is 5.82. The first kappa shape index (κ1) is 16.3. The molecule has 1 amide bonds. The van der Waals surface area contributed by atoms with Crippen LogP contribution in [-0.2, 0) is 14.3 Å². The highest BCUT2D eigenvalue weighted by atomic mass is 16.5. The predicted octanol–water partition coefficient (Wildman–Crippen LogP) is 2.30. The zero-order valence-corrected chi connectivity index (χ0v) is 12.9. The van der Waals surface area contributed by atoms with Crippen molar-refractivity contribution in [2.75, 3.05) is 19.7 Å². The van der Waals surface area contributed by atoms with Crippen molar-refractivity contribution in [3.05, 3.63) is 0 Å². The third kappa shape index (κ3) is 4.99. The molecule has 1 saturated carbocycles. The molecular weight excluding hydrogens is 270 g/mol. The van der Waals surface area contributed by atoms with E-state index in [0.717, 1.165) is 19.3 Å². The van der Waals surface area contributed by atoms with Crippen molar-refractivity contribution < 1.29 is 19.4 Å². The van der Waals surface area contributed by atoms with Crippen LogP contribution in [0.15, 0.2) is 0 Å². The Balaban J connectivity index is 1.68. The van der Waals surface area contributed by atoms with Gasteiger partial charge < -0.3 is 14.7 Å². The van der Waals surface area contributed by atoms with Gasteiger partial charge in [0.25, 0.3) is 0 Å². The third-order valence-electron chi connectivity index (χ3n) is 4.88. The number of hydrogen-bond acceptors (Lipinski definition) is 3. The number of piperidine rings is 1. The highest BCUT2D eigenvalue weighted by molar-refractivity contribution is 5.77. The molecule has 0 spiro atoms. The number of aliphatic carboxylic acids is 1. The Kier molecular flexibility index (Phi) is 6.03. The van der Waals surface area contributed by atoms with Crippen molar-refractivity contribution in [1.82, 2.24) is 4.90 Å². The van der Waals surface area contributed by atoms with Gasteiger partial charge in [0.05, 0.1) is 6.10 Å². The molecule has 0 aromatic carbocycles. The monoisotopic (exact) mass is 297 g/mol. The molecule has 2 unspecified atom stereocenters. The number of nitrogens with zero attached hydrogens (tertiary/aromatic N) is 1. The Morgan fingerprint density at radius 2 is 1.81 bits per heavy atom. The van der Waals surface area contributed by atoms with E-state index in [1.54, 1.807) is 0 Å². The molecule has 5 nitrogen and oxygen atoms in total. The van der Waals surface area contributed by atoms with Crippen LogP contribution in [0.1, 0.15) is 51.9 Å². The summed E-state index contributed by atoms with van der Waals surface area (Å²) in [5.41, 5.74) is 0. The topological polar surface area (TPSA) is 66.8 Å². The maximum Gasteiger partial charge on any atom is 0.303 e. The Hall–Kier alpha value is -1.10. The molecule has 5 heteroatoms. The summed E-state index contributed by atoms with van der Waals surface area (Å²) in [7, 11) is 0. The van der Waals surface area contributed by atoms with Crippen LogP contribution in [-0.4, -0.2) is 47.7 Å². The van der Waals surface area contributed by atoms with E-state index in [1.165, 1.54) is 19.3 Å². The molecule has 21 heavy (non-hydrogen) atoms. The van der Waals surface area contributed by atoms with Gasteiger partial charge in [-0.3, -0.25) is 9.59 Å². The van der Waals surface area contributed by atoms with E-state index in [9.17, 15) is 9.59 Å². The minimum absolute atomic E-state index is 0.0570. The number of carboxylic acids is 1. The highest BCUT2D eigenvalue weighted by Crippen LogP contribution is 2.26. The highest BCUT2D eigenvalue weighted by Gasteiger charge is 2.26. The molecular formula is C16H27NO4. The van der Waals surface area contributed by atoms with E-state index < -0.39 is 5.97 Å². The largest absolute Gasteiger partial charge is 0.481 e. The van der Waals surface area contributed by atoms with Gasteiger partial charge in [-0.2, -0.15) is 0 Å². The van der Waals surface area contributed by atoms with E-state index >= 15 is 0 Å². The van der Waals surface area contributed by atoms with Gasteiger partial charge in [-0.25, -0.2) is 0 Å². The molecule has 2 fully saturated rings. The van der Waals surface area contributed by atoms with Crippen LogP contribution in [0.2, 0.25) is 0 Å². The fourth-order valence-electron chi connectivity index (χ4n) is 3.43. The zero-order valence-electron chi connectivity index (χ0n) is 12.9. The summed E-state index contributed by atoms with van der Waals surface area (Å²) in [6, 6.07) is 0. The number of ether oxygens (including phenoxy) is 1. The minimum Gasteiger partial charge on any atom is -0.481 e. The number of rotatable bonds is 5. The average Bonchev–Trinajstić information content (AvgIpc) is 2.46. The SMILES string of the molecule is CC1CCCCC1OCC(=O)N1CCC(CC(=O)O)CC1.